The molecule has 0 saturated carbocycles. The summed E-state index contributed by atoms with van der Waals surface area (Å²) in [5.41, 5.74) is 1.32. The van der Waals surface area contributed by atoms with Gasteiger partial charge in [-0.15, -0.1) is 13.2 Å². The number of piperidine rings is 1. The predicted molar refractivity (Wildman–Crippen MR) is 167 cm³/mol. The van der Waals surface area contributed by atoms with E-state index in [1.54, 1.807) is 33.9 Å². The van der Waals surface area contributed by atoms with Crippen LogP contribution in [0.4, 0.5) is 8.78 Å². The van der Waals surface area contributed by atoms with Crippen molar-refractivity contribution in [1.82, 2.24) is 20.0 Å². The van der Waals surface area contributed by atoms with Gasteiger partial charge in [0.15, 0.2) is 5.69 Å². The highest BCUT2D eigenvalue weighted by molar-refractivity contribution is 6.31. The Balaban J connectivity index is 0.000000422. The molecule has 43 heavy (non-hydrogen) atoms. The Hall–Kier alpha value is -2.98. The number of hydrogen-bond acceptors (Lipinski definition) is 5. The van der Waals surface area contributed by atoms with E-state index in [0.717, 1.165) is 31.4 Å². The Morgan fingerprint density at radius 2 is 1.91 bits per heavy atom. The van der Waals surface area contributed by atoms with Crippen molar-refractivity contribution in [2.75, 3.05) is 19.7 Å². The summed E-state index contributed by atoms with van der Waals surface area (Å²) in [5.74, 6) is -2.92. The third kappa shape index (κ3) is 11.6. The van der Waals surface area contributed by atoms with Gasteiger partial charge >= 0.3 is 0 Å². The maximum absolute atomic E-state index is 14.2. The van der Waals surface area contributed by atoms with Crippen LogP contribution in [0.25, 0.3) is 0 Å². The molecule has 0 unspecified atom stereocenters. The van der Waals surface area contributed by atoms with Crippen LogP contribution in [0.3, 0.4) is 0 Å². The summed E-state index contributed by atoms with van der Waals surface area (Å²) < 4.78 is 35.9. The minimum atomic E-state index is -2.81. The predicted octanol–water partition coefficient (Wildman–Crippen LogP) is 6.66. The van der Waals surface area contributed by atoms with Gasteiger partial charge in [-0.05, 0) is 70.1 Å². The summed E-state index contributed by atoms with van der Waals surface area (Å²) in [6.45, 7) is 13.5. The highest BCUT2D eigenvalue weighted by atomic mass is 35.5. The highest BCUT2D eigenvalue weighted by Crippen LogP contribution is 2.35. The molecule has 0 spiro atoms. The van der Waals surface area contributed by atoms with Gasteiger partial charge in [0.2, 0.25) is 5.91 Å². The molecule has 0 aromatic carbocycles. The molecule has 1 aromatic rings. The SMILES string of the molecule is C=C.CC(=O)NC1CCN(C(=O)c2nn(C[C@@H]3CCCCO3)c3c2CC(F)(F)CC3)CC1.C\C=C(Cl)/C=C\C(O)=C\CC. The van der Waals surface area contributed by atoms with E-state index in [1.807, 2.05) is 13.8 Å². The van der Waals surface area contributed by atoms with Gasteiger partial charge in [-0.3, -0.25) is 14.3 Å². The number of likely N-dealkylation sites (tertiary alicyclic amines) is 1. The first kappa shape index (κ1) is 36.2. The van der Waals surface area contributed by atoms with Crippen molar-refractivity contribution in [1.29, 1.82) is 0 Å². The molecule has 1 atom stereocenters. The fraction of sp³-hybridized carbons (Fsp3) is 0.594. The van der Waals surface area contributed by atoms with Gasteiger partial charge in [0.1, 0.15) is 5.76 Å². The Morgan fingerprint density at radius 3 is 2.49 bits per heavy atom. The summed E-state index contributed by atoms with van der Waals surface area (Å²) in [4.78, 5) is 26.1. The molecule has 2 N–H and O–H groups in total. The molecular weight excluding hydrogens is 578 g/mol. The molecule has 2 fully saturated rings. The van der Waals surface area contributed by atoms with Crippen molar-refractivity contribution < 1.29 is 28.2 Å². The number of amides is 2. The molecular formula is C32H47ClF2N4O4. The summed E-state index contributed by atoms with van der Waals surface area (Å²) in [5, 5.41) is 17.1. The second-order valence-electron chi connectivity index (χ2n) is 10.8. The molecule has 2 aliphatic heterocycles. The lowest BCUT2D eigenvalue weighted by molar-refractivity contribution is -0.119. The molecule has 1 aromatic heterocycles. The first-order valence-electron chi connectivity index (χ1n) is 15.1. The lowest BCUT2D eigenvalue weighted by Gasteiger charge is -2.32. The van der Waals surface area contributed by atoms with E-state index >= 15 is 0 Å². The van der Waals surface area contributed by atoms with E-state index < -0.39 is 12.3 Å². The maximum Gasteiger partial charge on any atom is 0.274 e. The third-order valence-corrected chi connectivity index (χ3v) is 7.82. The van der Waals surface area contributed by atoms with E-state index in [1.165, 1.54) is 6.92 Å². The van der Waals surface area contributed by atoms with Gasteiger partial charge in [0.05, 0.1) is 12.6 Å². The van der Waals surface area contributed by atoms with Crippen LogP contribution >= 0.6 is 11.6 Å². The summed E-state index contributed by atoms with van der Waals surface area (Å²) in [6, 6.07) is 0.0470. The van der Waals surface area contributed by atoms with Gasteiger partial charge in [0, 0.05) is 61.8 Å². The fourth-order valence-corrected chi connectivity index (χ4v) is 5.38. The first-order valence-corrected chi connectivity index (χ1v) is 15.4. The molecule has 0 radical (unpaired) electrons. The molecule has 11 heteroatoms. The number of carbonyl (C=O) groups is 2. The van der Waals surface area contributed by atoms with Crippen molar-refractivity contribution >= 4 is 23.4 Å². The fourth-order valence-electron chi connectivity index (χ4n) is 5.32. The molecule has 0 bridgehead atoms. The third-order valence-electron chi connectivity index (χ3n) is 7.47. The van der Waals surface area contributed by atoms with E-state index in [0.29, 0.717) is 49.7 Å². The molecule has 3 aliphatic rings. The average Bonchev–Trinajstić information content (AvgIpc) is 3.33. The topological polar surface area (TPSA) is 96.7 Å². The Kier molecular flexibility index (Phi) is 15.1. The van der Waals surface area contributed by atoms with Crippen LogP contribution in [0.15, 0.2) is 48.3 Å². The minimum absolute atomic E-state index is 0.0153. The number of halogens is 3. The van der Waals surface area contributed by atoms with E-state index in [2.05, 4.69) is 23.6 Å². The van der Waals surface area contributed by atoms with Crippen molar-refractivity contribution in [3.05, 3.63) is 65.2 Å². The van der Waals surface area contributed by atoms with Gasteiger partial charge < -0.3 is 20.1 Å². The van der Waals surface area contributed by atoms with Crippen LogP contribution in [0.1, 0.15) is 87.5 Å². The van der Waals surface area contributed by atoms with E-state index in [4.69, 9.17) is 21.4 Å². The number of rotatable bonds is 7. The van der Waals surface area contributed by atoms with Crippen LogP contribution in [-0.4, -0.2) is 69.4 Å². The largest absolute Gasteiger partial charge is 0.508 e. The van der Waals surface area contributed by atoms with Crippen LogP contribution in [0, 0.1) is 0 Å². The number of carbonyl (C=O) groups excluding carboxylic acids is 2. The molecule has 2 amide bonds. The number of allylic oxidation sites excluding steroid dienone is 5. The number of aliphatic hydroxyl groups excluding tert-OH is 1. The zero-order chi connectivity index (χ0) is 32.0. The second-order valence-corrected chi connectivity index (χ2v) is 11.2. The number of nitrogens with zero attached hydrogens (tertiary/aromatic N) is 3. The lowest BCUT2D eigenvalue weighted by Crippen LogP contribution is -2.46. The van der Waals surface area contributed by atoms with Gasteiger partial charge in [-0.1, -0.05) is 24.6 Å². The average molecular weight is 625 g/mol. The van der Waals surface area contributed by atoms with Crippen LogP contribution < -0.4 is 5.32 Å². The quantitative estimate of drug-likeness (QED) is 0.201. The first-order chi connectivity index (χ1) is 20.5. The van der Waals surface area contributed by atoms with Crippen LogP contribution in [0.2, 0.25) is 0 Å². The second kappa shape index (κ2) is 18.0. The van der Waals surface area contributed by atoms with Crippen molar-refractivity contribution in [2.24, 2.45) is 0 Å². The Morgan fingerprint density at radius 1 is 1.21 bits per heavy atom. The molecule has 4 rings (SSSR count). The molecule has 240 valence electrons. The number of fused-ring (bicyclic) bond motifs is 1. The standard InChI is InChI=1S/C21H30F2N4O3.C9H13ClO.C2H4/c1-14(28)24-15-6-9-26(10-7-15)20(29)19-17-12-21(22,23)8-5-18(17)27(25-19)13-16-4-2-3-11-30-16;1-3-5-9(11)7-6-8(10)4-2;1-2/h15-16H,2-13H2,1H3,(H,24,28);4-7,11H,3H2,1-2H3;1-2H2/b;7-6-,8-4+,9-5-;/t16-;;/m0../s1. The molecule has 2 saturated heterocycles. The number of aromatic nitrogens is 2. The smallest absolute Gasteiger partial charge is 0.274 e. The van der Waals surface area contributed by atoms with Gasteiger partial charge in [-0.25, -0.2) is 8.78 Å². The lowest BCUT2D eigenvalue weighted by atomic mass is 9.92. The number of nitrogens with one attached hydrogen (secondary N) is 1. The molecule has 1 aliphatic carbocycles. The zero-order valence-corrected chi connectivity index (χ0v) is 26.5. The summed E-state index contributed by atoms with van der Waals surface area (Å²) in [7, 11) is 0. The van der Waals surface area contributed by atoms with Crippen molar-refractivity contribution in [2.45, 2.75) is 103 Å². The monoisotopic (exact) mass is 624 g/mol. The normalized spacial score (nSPS) is 20.8. The van der Waals surface area contributed by atoms with Crippen LogP contribution in [-0.2, 0) is 28.9 Å². The van der Waals surface area contributed by atoms with Gasteiger partial charge in [0.25, 0.3) is 11.8 Å². The van der Waals surface area contributed by atoms with Crippen LogP contribution in [0.5, 0.6) is 0 Å². The zero-order valence-electron chi connectivity index (χ0n) is 25.7. The van der Waals surface area contributed by atoms with Gasteiger partial charge in [-0.2, -0.15) is 5.10 Å². The Labute approximate surface area is 259 Å². The van der Waals surface area contributed by atoms with E-state index in [9.17, 15) is 18.4 Å². The maximum atomic E-state index is 14.2. The van der Waals surface area contributed by atoms with E-state index in [-0.39, 0.29) is 48.3 Å². The Bertz CT molecular complexity index is 1150. The number of ether oxygens (including phenoxy) is 1. The molecule has 8 nitrogen and oxygen atoms in total. The minimum Gasteiger partial charge on any atom is -0.508 e. The number of aliphatic hydroxyl groups is 1. The number of hydrogen-bond donors (Lipinski definition) is 2. The van der Waals surface area contributed by atoms with Crippen molar-refractivity contribution in [3.63, 3.8) is 0 Å². The number of alkyl halides is 2. The highest BCUT2D eigenvalue weighted by Gasteiger charge is 2.40. The molecule has 3 heterocycles. The van der Waals surface area contributed by atoms with Crippen molar-refractivity contribution in [3.8, 4) is 0 Å². The summed E-state index contributed by atoms with van der Waals surface area (Å²) in [6.07, 6.45) is 11.5. The summed E-state index contributed by atoms with van der Waals surface area (Å²) >= 11 is 5.65.